The Labute approximate surface area is 135 Å². The van der Waals surface area contributed by atoms with E-state index < -0.39 is 9.05 Å². The van der Waals surface area contributed by atoms with E-state index in [0.29, 0.717) is 13.0 Å². The molecule has 0 saturated heterocycles. The topological polar surface area (TPSA) is 43.4 Å². The lowest BCUT2D eigenvalue weighted by atomic mass is 10.2. The van der Waals surface area contributed by atoms with Gasteiger partial charge in [-0.25, -0.2) is 8.42 Å². The van der Waals surface area contributed by atoms with Crippen LogP contribution in [0, 0.1) is 0 Å². The standard InChI is InChI=1S/C12H15Br2ClO3S/c13-10-6-5-7-11(14)12(10)18-8-3-1-2-4-9-19(15,16)17/h5-7H,1-4,8-9H2. The van der Waals surface area contributed by atoms with Crippen molar-refractivity contribution in [3.63, 3.8) is 0 Å². The first-order valence-electron chi connectivity index (χ1n) is 5.89. The lowest BCUT2D eigenvalue weighted by Gasteiger charge is -2.09. The number of hydrogen-bond donors (Lipinski definition) is 0. The van der Waals surface area contributed by atoms with E-state index in [1.54, 1.807) is 0 Å². The summed E-state index contributed by atoms with van der Waals surface area (Å²) < 4.78 is 28.9. The van der Waals surface area contributed by atoms with Crippen LogP contribution >= 0.6 is 42.5 Å². The fourth-order valence-corrected chi connectivity index (χ4v) is 3.63. The molecule has 0 spiro atoms. The van der Waals surface area contributed by atoms with E-state index in [0.717, 1.165) is 34.0 Å². The van der Waals surface area contributed by atoms with Crippen LogP contribution in [0.2, 0.25) is 0 Å². The number of unbranched alkanes of at least 4 members (excludes halogenated alkanes) is 3. The maximum absolute atomic E-state index is 10.7. The molecule has 0 saturated carbocycles. The van der Waals surface area contributed by atoms with Gasteiger partial charge in [0, 0.05) is 10.7 Å². The molecule has 108 valence electrons. The van der Waals surface area contributed by atoms with E-state index in [1.807, 2.05) is 18.2 Å². The summed E-state index contributed by atoms with van der Waals surface area (Å²) in [7, 11) is 1.78. The van der Waals surface area contributed by atoms with Gasteiger partial charge in [-0.1, -0.05) is 18.9 Å². The minimum absolute atomic E-state index is 0.0468. The van der Waals surface area contributed by atoms with E-state index in [-0.39, 0.29) is 5.75 Å². The molecule has 0 unspecified atom stereocenters. The molecule has 0 aliphatic rings. The SMILES string of the molecule is O=S(=O)(Cl)CCCCCCOc1c(Br)cccc1Br. The van der Waals surface area contributed by atoms with Gasteiger partial charge in [-0.2, -0.15) is 0 Å². The van der Waals surface area contributed by atoms with Crippen molar-refractivity contribution in [3.05, 3.63) is 27.1 Å². The van der Waals surface area contributed by atoms with Gasteiger partial charge in [0.05, 0.1) is 21.3 Å². The third kappa shape index (κ3) is 7.54. The van der Waals surface area contributed by atoms with Crippen LogP contribution in [0.15, 0.2) is 27.1 Å². The summed E-state index contributed by atoms with van der Waals surface area (Å²) in [5, 5.41) is 0. The zero-order valence-corrected chi connectivity index (χ0v) is 15.0. The van der Waals surface area contributed by atoms with Gasteiger partial charge in [-0.05, 0) is 56.8 Å². The van der Waals surface area contributed by atoms with Gasteiger partial charge in [0.1, 0.15) is 5.75 Å². The van der Waals surface area contributed by atoms with Crippen molar-refractivity contribution in [1.29, 1.82) is 0 Å². The average molecular weight is 435 g/mol. The molecule has 7 heteroatoms. The van der Waals surface area contributed by atoms with Crippen LogP contribution < -0.4 is 4.74 Å². The Morgan fingerprint density at radius 2 is 1.63 bits per heavy atom. The number of hydrogen-bond acceptors (Lipinski definition) is 3. The molecule has 0 amide bonds. The highest BCUT2D eigenvalue weighted by molar-refractivity contribution is 9.11. The molecule has 1 rings (SSSR count). The molecule has 0 heterocycles. The number of benzene rings is 1. The molecule has 0 aliphatic heterocycles. The molecule has 0 aliphatic carbocycles. The summed E-state index contributed by atoms with van der Waals surface area (Å²) in [5.41, 5.74) is 0. The van der Waals surface area contributed by atoms with E-state index in [4.69, 9.17) is 15.4 Å². The fourth-order valence-electron chi connectivity index (χ4n) is 1.52. The second kappa shape index (κ2) is 8.49. The van der Waals surface area contributed by atoms with Crippen molar-refractivity contribution in [2.75, 3.05) is 12.4 Å². The van der Waals surface area contributed by atoms with Crippen LogP contribution in [0.1, 0.15) is 25.7 Å². The maximum atomic E-state index is 10.7. The second-order valence-corrected chi connectivity index (χ2v) is 8.66. The Kier molecular flexibility index (Phi) is 7.72. The second-order valence-electron chi connectivity index (χ2n) is 4.06. The molecule has 0 atom stereocenters. The third-order valence-corrected chi connectivity index (χ3v) is 4.94. The molecule has 19 heavy (non-hydrogen) atoms. The van der Waals surface area contributed by atoms with E-state index in [9.17, 15) is 8.42 Å². The lowest BCUT2D eigenvalue weighted by molar-refractivity contribution is 0.301. The van der Waals surface area contributed by atoms with Gasteiger partial charge in [0.15, 0.2) is 0 Å². The highest BCUT2D eigenvalue weighted by Gasteiger charge is 2.06. The highest BCUT2D eigenvalue weighted by atomic mass is 79.9. The predicted molar refractivity (Wildman–Crippen MR) is 85.4 cm³/mol. The number of halogens is 3. The largest absolute Gasteiger partial charge is 0.491 e. The molecule has 0 N–H and O–H groups in total. The molecule has 0 fully saturated rings. The van der Waals surface area contributed by atoms with Crippen molar-refractivity contribution in [3.8, 4) is 5.75 Å². The summed E-state index contributed by atoms with van der Waals surface area (Å²) >= 11 is 6.85. The Morgan fingerprint density at radius 1 is 1.05 bits per heavy atom. The van der Waals surface area contributed by atoms with E-state index in [1.165, 1.54) is 0 Å². The van der Waals surface area contributed by atoms with Crippen LogP contribution in [0.4, 0.5) is 0 Å². The van der Waals surface area contributed by atoms with Crippen molar-refractivity contribution in [2.45, 2.75) is 25.7 Å². The molecule has 0 aromatic heterocycles. The fraction of sp³-hybridized carbons (Fsp3) is 0.500. The zero-order chi connectivity index (χ0) is 14.3. The van der Waals surface area contributed by atoms with E-state index >= 15 is 0 Å². The zero-order valence-electron chi connectivity index (χ0n) is 10.2. The van der Waals surface area contributed by atoms with Crippen molar-refractivity contribution in [1.82, 2.24) is 0 Å². The molecule has 0 radical (unpaired) electrons. The summed E-state index contributed by atoms with van der Waals surface area (Å²) in [4.78, 5) is 0. The van der Waals surface area contributed by atoms with Crippen LogP contribution in [-0.2, 0) is 9.05 Å². The number of ether oxygens (including phenoxy) is 1. The van der Waals surface area contributed by atoms with Crippen LogP contribution in [-0.4, -0.2) is 20.8 Å². The molecular formula is C12H15Br2ClO3S. The van der Waals surface area contributed by atoms with Crippen LogP contribution in [0.5, 0.6) is 5.75 Å². The molecule has 0 bridgehead atoms. The Bertz CT molecular complexity index is 485. The Morgan fingerprint density at radius 3 is 2.21 bits per heavy atom. The third-order valence-electron chi connectivity index (χ3n) is 2.45. The minimum Gasteiger partial charge on any atom is -0.491 e. The average Bonchev–Trinajstić information content (AvgIpc) is 2.29. The van der Waals surface area contributed by atoms with Crippen molar-refractivity contribution < 1.29 is 13.2 Å². The highest BCUT2D eigenvalue weighted by Crippen LogP contribution is 2.33. The predicted octanol–water partition coefficient (Wildman–Crippen LogP) is 4.72. The van der Waals surface area contributed by atoms with Crippen molar-refractivity contribution >= 4 is 51.6 Å². The molecule has 1 aromatic carbocycles. The smallest absolute Gasteiger partial charge is 0.232 e. The molecule has 1 aromatic rings. The van der Waals surface area contributed by atoms with Gasteiger partial charge in [0.2, 0.25) is 9.05 Å². The number of rotatable bonds is 8. The Balaban J connectivity index is 2.18. The monoisotopic (exact) mass is 432 g/mol. The Hall–Kier alpha value is 0.220. The quantitative estimate of drug-likeness (QED) is 0.439. The first-order chi connectivity index (χ1) is 8.90. The normalized spacial score (nSPS) is 11.5. The summed E-state index contributed by atoms with van der Waals surface area (Å²) in [6, 6.07) is 5.77. The van der Waals surface area contributed by atoms with Gasteiger partial charge in [-0.3, -0.25) is 0 Å². The maximum Gasteiger partial charge on any atom is 0.232 e. The van der Waals surface area contributed by atoms with Gasteiger partial charge in [-0.15, -0.1) is 0 Å². The molecule has 3 nitrogen and oxygen atoms in total. The first kappa shape index (κ1) is 17.3. The van der Waals surface area contributed by atoms with E-state index in [2.05, 4.69) is 31.9 Å². The van der Waals surface area contributed by atoms with Crippen molar-refractivity contribution in [2.24, 2.45) is 0 Å². The number of para-hydroxylation sites is 1. The lowest BCUT2D eigenvalue weighted by Crippen LogP contribution is -2.00. The summed E-state index contributed by atoms with van der Waals surface area (Å²) in [6.07, 6.45) is 3.25. The van der Waals surface area contributed by atoms with Gasteiger partial charge in [0.25, 0.3) is 0 Å². The molecular weight excluding hydrogens is 419 g/mol. The van der Waals surface area contributed by atoms with Crippen LogP contribution in [0.3, 0.4) is 0 Å². The first-order valence-corrected chi connectivity index (χ1v) is 9.96. The van der Waals surface area contributed by atoms with Crippen LogP contribution in [0.25, 0.3) is 0 Å². The summed E-state index contributed by atoms with van der Waals surface area (Å²) in [5.74, 6) is 0.844. The van der Waals surface area contributed by atoms with Gasteiger partial charge >= 0.3 is 0 Å². The van der Waals surface area contributed by atoms with Gasteiger partial charge < -0.3 is 4.74 Å². The minimum atomic E-state index is -3.34. The summed E-state index contributed by atoms with van der Waals surface area (Å²) in [6.45, 7) is 0.606.